The Kier molecular flexibility index (Phi) is 7.08. The number of hydrogen-bond acceptors (Lipinski definition) is 11. The lowest BCUT2D eigenvalue weighted by Crippen LogP contribution is -2.57. The lowest BCUT2D eigenvalue weighted by Gasteiger charge is -2.39. The van der Waals surface area contributed by atoms with Crippen LogP contribution >= 0.6 is 11.3 Å². The molecule has 0 spiro atoms. The summed E-state index contributed by atoms with van der Waals surface area (Å²) in [7, 11) is 1.77. The maximum absolute atomic E-state index is 15.7. The van der Waals surface area contributed by atoms with Crippen molar-refractivity contribution >= 4 is 55.8 Å². The molecule has 0 atom stereocenters. The number of aromatic nitrogens is 3. The third kappa shape index (κ3) is 4.98. The topological polar surface area (TPSA) is 126 Å². The highest BCUT2D eigenvalue weighted by Gasteiger charge is 2.31. The number of carbonyl (C=O) groups is 1. The summed E-state index contributed by atoms with van der Waals surface area (Å²) in [5.41, 5.74) is 2.53. The van der Waals surface area contributed by atoms with E-state index in [4.69, 9.17) is 9.51 Å². The summed E-state index contributed by atoms with van der Waals surface area (Å²) in [5, 5.41) is 24.8. The zero-order valence-corrected chi connectivity index (χ0v) is 24.4. The standard InChI is InChI=1S/C30H26F2N8O3S/c1-37(30-36-26(24(12-33)44-30)17-2-4-18(31)5-3-17)28-21-10-19(11-23(32)27(21)35-29-22(28)13-34-43-29)39-8-6-38(7-9-39)16-25(42)40-14-20(41)15-40/h2-5,10-11,13,20,41H,6-9,14-16H2,1H3. The Morgan fingerprint density at radius 3 is 2.59 bits per heavy atom. The van der Waals surface area contributed by atoms with Crippen molar-refractivity contribution in [2.24, 2.45) is 0 Å². The average Bonchev–Trinajstić information content (AvgIpc) is 3.66. The van der Waals surface area contributed by atoms with Gasteiger partial charge in [-0.15, -0.1) is 0 Å². The van der Waals surface area contributed by atoms with Gasteiger partial charge in [0, 0.05) is 63.0 Å². The van der Waals surface area contributed by atoms with Gasteiger partial charge in [0.25, 0.3) is 5.71 Å². The molecule has 14 heteroatoms. The van der Waals surface area contributed by atoms with Crippen LogP contribution in [0.3, 0.4) is 0 Å². The van der Waals surface area contributed by atoms with Gasteiger partial charge >= 0.3 is 0 Å². The van der Waals surface area contributed by atoms with Crippen LogP contribution in [0.4, 0.5) is 25.3 Å². The van der Waals surface area contributed by atoms with Crippen LogP contribution in [0.1, 0.15) is 4.88 Å². The van der Waals surface area contributed by atoms with Crippen LogP contribution in [0.2, 0.25) is 0 Å². The molecule has 1 amide bonds. The van der Waals surface area contributed by atoms with Gasteiger partial charge in [-0.25, -0.2) is 18.7 Å². The van der Waals surface area contributed by atoms with Crippen molar-refractivity contribution in [3.05, 3.63) is 59.1 Å². The van der Waals surface area contributed by atoms with Gasteiger partial charge in [0.15, 0.2) is 10.9 Å². The number of amides is 1. The molecular formula is C30H26F2N8O3S. The number of piperazine rings is 1. The molecule has 0 bridgehead atoms. The Bertz CT molecular complexity index is 1920. The zero-order chi connectivity index (χ0) is 30.5. The normalized spacial score (nSPS) is 16.0. The Labute approximate surface area is 254 Å². The summed E-state index contributed by atoms with van der Waals surface area (Å²) >= 11 is 1.16. The number of aliphatic hydroxyl groups excluding tert-OH is 1. The van der Waals surface area contributed by atoms with Crippen molar-refractivity contribution in [2.75, 3.05) is 62.7 Å². The molecule has 224 valence electrons. The minimum absolute atomic E-state index is 0.00122. The number of fused-ring (bicyclic) bond motifs is 2. The Hall–Kier alpha value is -4.71. The Balaban J connectivity index is 1.22. The van der Waals surface area contributed by atoms with Crippen LogP contribution in [0.15, 0.2) is 47.1 Å². The summed E-state index contributed by atoms with van der Waals surface area (Å²) in [5.74, 6) is -0.914. The molecular weight excluding hydrogens is 590 g/mol. The molecule has 5 heterocycles. The van der Waals surface area contributed by atoms with Gasteiger partial charge in [-0.3, -0.25) is 9.69 Å². The van der Waals surface area contributed by atoms with Gasteiger partial charge in [0.05, 0.1) is 29.9 Å². The number of benzene rings is 2. The minimum atomic E-state index is -0.525. The lowest BCUT2D eigenvalue weighted by molar-refractivity contribution is -0.142. The van der Waals surface area contributed by atoms with E-state index in [0.29, 0.717) is 82.7 Å². The number of aliphatic hydroxyl groups is 1. The first-order valence-electron chi connectivity index (χ1n) is 14.0. The van der Waals surface area contributed by atoms with Crippen LogP contribution in [-0.2, 0) is 4.79 Å². The van der Waals surface area contributed by atoms with Gasteiger partial charge in [-0.1, -0.05) is 16.5 Å². The summed E-state index contributed by atoms with van der Waals surface area (Å²) in [4.78, 5) is 29.5. The van der Waals surface area contributed by atoms with Crippen LogP contribution < -0.4 is 9.80 Å². The van der Waals surface area contributed by atoms with E-state index in [1.54, 1.807) is 29.0 Å². The fourth-order valence-electron chi connectivity index (χ4n) is 5.69. The van der Waals surface area contributed by atoms with Crippen molar-refractivity contribution < 1.29 is 23.2 Å². The number of hydrogen-bond donors (Lipinski definition) is 1. The number of anilines is 3. The second kappa shape index (κ2) is 11.1. The third-order valence-corrected chi connectivity index (χ3v) is 9.13. The number of rotatable bonds is 6. The fraction of sp³-hybridized carbons (Fsp3) is 0.300. The van der Waals surface area contributed by atoms with Crippen molar-refractivity contribution in [1.82, 2.24) is 24.9 Å². The second-order valence-corrected chi connectivity index (χ2v) is 11.9. The van der Waals surface area contributed by atoms with E-state index in [1.807, 2.05) is 6.07 Å². The smallest absolute Gasteiger partial charge is 0.260 e. The molecule has 2 aliphatic rings. The number of thiazole rings is 1. The van der Waals surface area contributed by atoms with Crippen molar-refractivity contribution in [3.8, 4) is 17.3 Å². The lowest BCUT2D eigenvalue weighted by atomic mass is 10.1. The molecule has 1 N–H and O–H groups in total. The number of β-amino-alcohol motifs (C(OH)–C–C–N with tert-alkyl or cyclic N) is 1. The summed E-state index contributed by atoms with van der Waals surface area (Å²) < 4.78 is 34.6. The Morgan fingerprint density at radius 1 is 1.14 bits per heavy atom. The first-order valence-corrected chi connectivity index (χ1v) is 14.8. The predicted molar refractivity (Wildman–Crippen MR) is 161 cm³/mol. The fourth-order valence-corrected chi connectivity index (χ4v) is 6.54. The highest BCUT2D eigenvalue weighted by molar-refractivity contribution is 7.16. The second-order valence-electron chi connectivity index (χ2n) is 10.9. The molecule has 2 aliphatic heterocycles. The number of likely N-dealkylation sites (tertiary alicyclic amines) is 1. The van der Waals surface area contributed by atoms with Gasteiger partial charge in [0.2, 0.25) is 5.91 Å². The first-order chi connectivity index (χ1) is 21.3. The maximum atomic E-state index is 15.7. The van der Waals surface area contributed by atoms with Crippen molar-refractivity contribution in [3.63, 3.8) is 0 Å². The highest BCUT2D eigenvalue weighted by atomic mass is 32.1. The monoisotopic (exact) mass is 616 g/mol. The van der Waals surface area contributed by atoms with Crippen molar-refractivity contribution in [1.29, 1.82) is 5.26 Å². The van der Waals surface area contributed by atoms with Crippen molar-refractivity contribution in [2.45, 2.75) is 6.10 Å². The third-order valence-electron chi connectivity index (χ3n) is 8.09. The minimum Gasteiger partial charge on any atom is -0.389 e. The predicted octanol–water partition coefficient (Wildman–Crippen LogP) is 3.74. The van der Waals surface area contributed by atoms with Gasteiger partial charge < -0.3 is 24.3 Å². The molecule has 2 fully saturated rings. The highest BCUT2D eigenvalue weighted by Crippen LogP contribution is 2.42. The molecule has 2 saturated heterocycles. The van der Waals surface area contributed by atoms with E-state index in [-0.39, 0.29) is 23.7 Å². The van der Waals surface area contributed by atoms with Crippen LogP contribution in [-0.4, -0.2) is 94.9 Å². The summed E-state index contributed by atoms with van der Waals surface area (Å²) in [6.45, 7) is 3.48. The SMILES string of the molecule is CN(c1nc(-c2ccc(F)cc2)c(C#N)s1)c1c2cnoc2nc2c(F)cc(N3CCN(CC(=O)N4CC(O)C4)CC3)cc12. The maximum Gasteiger partial charge on any atom is 0.260 e. The van der Waals surface area contributed by atoms with Crippen LogP contribution in [0.25, 0.3) is 33.3 Å². The number of carbonyl (C=O) groups excluding carboxylic acids is 1. The number of nitrogens with zero attached hydrogens (tertiary/aromatic N) is 8. The molecule has 3 aromatic heterocycles. The number of pyridine rings is 1. The van der Waals surface area contributed by atoms with E-state index >= 15 is 4.39 Å². The number of halogens is 2. The molecule has 0 radical (unpaired) electrons. The molecule has 7 rings (SSSR count). The number of nitriles is 1. The van der Waals surface area contributed by atoms with E-state index in [9.17, 15) is 19.6 Å². The molecule has 0 unspecified atom stereocenters. The van der Waals surface area contributed by atoms with E-state index < -0.39 is 17.7 Å². The van der Waals surface area contributed by atoms with E-state index in [0.717, 1.165) is 11.3 Å². The molecule has 2 aromatic carbocycles. The average molecular weight is 617 g/mol. The summed E-state index contributed by atoms with van der Waals surface area (Å²) in [6, 6.07) is 11.3. The van der Waals surface area contributed by atoms with Gasteiger partial charge in [-0.05, 0) is 36.4 Å². The van der Waals surface area contributed by atoms with Crippen LogP contribution in [0.5, 0.6) is 0 Å². The summed E-state index contributed by atoms with van der Waals surface area (Å²) in [6.07, 6.45) is 1.09. The van der Waals surface area contributed by atoms with E-state index in [2.05, 4.69) is 26.0 Å². The van der Waals surface area contributed by atoms with Gasteiger partial charge in [-0.2, -0.15) is 5.26 Å². The van der Waals surface area contributed by atoms with E-state index in [1.165, 1.54) is 24.4 Å². The molecule has 11 nitrogen and oxygen atoms in total. The molecule has 5 aromatic rings. The molecule has 0 aliphatic carbocycles. The van der Waals surface area contributed by atoms with Crippen LogP contribution in [0, 0.1) is 23.0 Å². The van der Waals surface area contributed by atoms with Gasteiger partial charge in [0.1, 0.15) is 28.0 Å². The zero-order valence-electron chi connectivity index (χ0n) is 23.6. The first kappa shape index (κ1) is 28.1. The quantitative estimate of drug-likeness (QED) is 0.302. The molecule has 0 saturated carbocycles. The molecule has 44 heavy (non-hydrogen) atoms. The largest absolute Gasteiger partial charge is 0.389 e. The Morgan fingerprint density at radius 2 is 1.89 bits per heavy atom.